The van der Waals surface area contributed by atoms with Crippen LogP contribution < -0.4 is 15.4 Å². The molecule has 0 atom stereocenters. The number of para-hydroxylation sites is 1. The SMILES string of the molecule is CCNC(=NCc1ccccc1OCC)NCc1sccc1C. The first-order chi connectivity index (χ1) is 11.2. The summed E-state index contributed by atoms with van der Waals surface area (Å²) in [5.74, 6) is 1.73. The van der Waals surface area contributed by atoms with Crippen LogP contribution in [0.5, 0.6) is 5.75 Å². The molecule has 4 nitrogen and oxygen atoms in total. The number of aryl methyl sites for hydroxylation is 1. The third kappa shape index (κ3) is 5.28. The number of rotatable bonds is 7. The molecule has 5 heteroatoms. The molecule has 0 saturated carbocycles. The van der Waals surface area contributed by atoms with Crippen molar-refractivity contribution >= 4 is 17.3 Å². The van der Waals surface area contributed by atoms with Crippen molar-refractivity contribution in [2.45, 2.75) is 33.9 Å². The Kier molecular flexibility index (Phi) is 6.94. The van der Waals surface area contributed by atoms with E-state index in [-0.39, 0.29) is 0 Å². The molecule has 1 heterocycles. The van der Waals surface area contributed by atoms with Gasteiger partial charge in [0.15, 0.2) is 5.96 Å². The normalized spacial score (nSPS) is 11.3. The Morgan fingerprint density at radius 2 is 2.00 bits per heavy atom. The van der Waals surface area contributed by atoms with E-state index in [0.717, 1.165) is 30.4 Å². The Morgan fingerprint density at radius 3 is 2.70 bits per heavy atom. The number of aliphatic imine (C=N–C) groups is 1. The van der Waals surface area contributed by atoms with E-state index in [0.29, 0.717) is 13.2 Å². The van der Waals surface area contributed by atoms with E-state index in [9.17, 15) is 0 Å². The van der Waals surface area contributed by atoms with E-state index in [4.69, 9.17) is 4.74 Å². The third-order valence-corrected chi connectivity index (χ3v) is 4.43. The lowest BCUT2D eigenvalue weighted by molar-refractivity contribution is 0.336. The predicted octanol–water partition coefficient (Wildman–Crippen LogP) is 3.71. The van der Waals surface area contributed by atoms with Crippen molar-refractivity contribution in [2.24, 2.45) is 4.99 Å². The quantitative estimate of drug-likeness (QED) is 0.600. The second kappa shape index (κ2) is 9.20. The van der Waals surface area contributed by atoms with Gasteiger partial charge in [-0.1, -0.05) is 18.2 Å². The van der Waals surface area contributed by atoms with E-state index in [1.54, 1.807) is 11.3 Å². The van der Waals surface area contributed by atoms with Gasteiger partial charge in [0.2, 0.25) is 0 Å². The fourth-order valence-electron chi connectivity index (χ4n) is 2.19. The van der Waals surface area contributed by atoms with Crippen LogP contribution in [-0.4, -0.2) is 19.1 Å². The Hall–Kier alpha value is -2.01. The van der Waals surface area contributed by atoms with Crippen LogP contribution >= 0.6 is 11.3 Å². The number of thiophene rings is 1. The van der Waals surface area contributed by atoms with Crippen molar-refractivity contribution < 1.29 is 4.74 Å². The molecule has 0 aliphatic heterocycles. The lowest BCUT2D eigenvalue weighted by Crippen LogP contribution is -2.36. The number of benzene rings is 1. The van der Waals surface area contributed by atoms with Crippen LogP contribution in [0.1, 0.15) is 29.9 Å². The van der Waals surface area contributed by atoms with Crippen LogP contribution in [0.25, 0.3) is 0 Å². The molecule has 23 heavy (non-hydrogen) atoms. The second-order valence-electron chi connectivity index (χ2n) is 5.12. The average Bonchev–Trinajstić information content (AvgIpc) is 2.97. The standard InChI is InChI=1S/C18H25N3OS/c1-4-19-18(21-13-17-14(3)10-11-23-17)20-12-15-8-6-7-9-16(15)22-5-2/h6-11H,4-5,12-13H2,1-3H3,(H2,19,20,21). The van der Waals surface area contributed by atoms with Gasteiger partial charge in [0.25, 0.3) is 0 Å². The molecule has 0 amide bonds. The van der Waals surface area contributed by atoms with Crippen LogP contribution in [0.4, 0.5) is 0 Å². The first-order valence-electron chi connectivity index (χ1n) is 8.00. The summed E-state index contributed by atoms with van der Waals surface area (Å²) in [6.45, 7) is 9.09. The van der Waals surface area contributed by atoms with Crippen LogP contribution in [0.15, 0.2) is 40.7 Å². The van der Waals surface area contributed by atoms with Crippen LogP contribution in [0.2, 0.25) is 0 Å². The van der Waals surface area contributed by atoms with Crippen molar-refractivity contribution in [1.29, 1.82) is 0 Å². The number of guanidine groups is 1. The molecule has 0 spiro atoms. The van der Waals surface area contributed by atoms with Gasteiger partial charge >= 0.3 is 0 Å². The molecule has 0 radical (unpaired) electrons. The molecule has 0 unspecified atom stereocenters. The number of nitrogens with one attached hydrogen (secondary N) is 2. The molecule has 124 valence electrons. The molecule has 0 saturated heterocycles. The van der Waals surface area contributed by atoms with Crippen LogP contribution in [0, 0.1) is 6.92 Å². The molecule has 2 rings (SSSR count). The minimum Gasteiger partial charge on any atom is -0.494 e. The second-order valence-corrected chi connectivity index (χ2v) is 6.12. The highest BCUT2D eigenvalue weighted by atomic mass is 32.1. The first-order valence-corrected chi connectivity index (χ1v) is 8.88. The molecule has 0 bridgehead atoms. The smallest absolute Gasteiger partial charge is 0.191 e. The van der Waals surface area contributed by atoms with Crippen LogP contribution in [-0.2, 0) is 13.1 Å². The fraction of sp³-hybridized carbons (Fsp3) is 0.389. The van der Waals surface area contributed by atoms with Crippen molar-refractivity contribution in [2.75, 3.05) is 13.2 Å². The summed E-state index contributed by atoms with van der Waals surface area (Å²) in [7, 11) is 0. The van der Waals surface area contributed by atoms with Crippen LogP contribution in [0.3, 0.4) is 0 Å². The maximum absolute atomic E-state index is 5.66. The van der Waals surface area contributed by atoms with Gasteiger partial charge in [0, 0.05) is 17.0 Å². The number of nitrogens with zero attached hydrogens (tertiary/aromatic N) is 1. The van der Waals surface area contributed by atoms with E-state index >= 15 is 0 Å². The Labute approximate surface area is 142 Å². The first kappa shape index (κ1) is 17.3. The van der Waals surface area contributed by atoms with Crippen molar-refractivity contribution in [3.05, 3.63) is 51.7 Å². The van der Waals surface area contributed by atoms with Gasteiger partial charge in [0.1, 0.15) is 5.75 Å². The van der Waals surface area contributed by atoms with Gasteiger partial charge < -0.3 is 15.4 Å². The Balaban J connectivity index is 2.02. The van der Waals surface area contributed by atoms with E-state index in [2.05, 4.69) is 47.0 Å². The van der Waals surface area contributed by atoms with Gasteiger partial charge in [0.05, 0.1) is 19.7 Å². The average molecular weight is 331 g/mol. The fourth-order valence-corrected chi connectivity index (χ4v) is 3.03. The maximum atomic E-state index is 5.66. The summed E-state index contributed by atoms with van der Waals surface area (Å²) >= 11 is 1.77. The van der Waals surface area contributed by atoms with E-state index < -0.39 is 0 Å². The zero-order valence-electron chi connectivity index (χ0n) is 14.1. The zero-order chi connectivity index (χ0) is 16.5. The number of ether oxygens (including phenoxy) is 1. The maximum Gasteiger partial charge on any atom is 0.191 e. The van der Waals surface area contributed by atoms with Crippen molar-refractivity contribution in [1.82, 2.24) is 10.6 Å². The highest BCUT2D eigenvalue weighted by molar-refractivity contribution is 7.10. The van der Waals surface area contributed by atoms with Gasteiger partial charge in [-0.3, -0.25) is 0 Å². The molecule has 0 aliphatic carbocycles. The minimum atomic E-state index is 0.592. The molecule has 1 aromatic carbocycles. The molecular weight excluding hydrogens is 306 g/mol. The summed E-state index contributed by atoms with van der Waals surface area (Å²) in [5, 5.41) is 8.80. The summed E-state index contributed by atoms with van der Waals surface area (Å²) in [6.07, 6.45) is 0. The van der Waals surface area contributed by atoms with Crippen molar-refractivity contribution in [3.8, 4) is 5.75 Å². The monoisotopic (exact) mass is 331 g/mol. The van der Waals surface area contributed by atoms with Crippen molar-refractivity contribution in [3.63, 3.8) is 0 Å². The molecule has 0 fully saturated rings. The Morgan fingerprint density at radius 1 is 1.17 bits per heavy atom. The molecule has 2 aromatic rings. The summed E-state index contributed by atoms with van der Waals surface area (Å²) < 4.78 is 5.66. The minimum absolute atomic E-state index is 0.592. The zero-order valence-corrected chi connectivity index (χ0v) is 14.9. The van der Waals surface area contributed by atoms with E-state index in [1.165, 1.54) is 10.4 Å². The number of hydrogen-bond donors (Lipinski definition) is 2. The summed E-state index contributed by atoms with van der Waals surface area (Å²) in [5.41, 5.74) is 2.42. The number of hydrogen-bond acceptors (Lipinski definition) is 3. The predicted molar refractivity (Wildman–Crippen MR) is 98.3 cm³/mol. The van der Waals surface area contributed by atoms with Gasteiger partial charge in [-0.05, 0) is 43.8 Å². The molecular formula is C18H25N3OS. The molecule has 2 N–H and O–H groups in total. The largest absolute Gasteiger partial charge is 0.494 e. The Bertz CT molecular complexity index is 637. The third-order valence-electron chi connectivity index (χ3n) is 3.41. The van der Waals surface area contributed by atoms with E-state index in [1.807, 2.05) is 25.1 Å². The summed E-state index contributed by atoms with van der Waals surface area (Å²) in [6, 6.07) is 10.2. The van der Waals surface area contributed by atoms with Gasteiger partial charge in [-0.25, -0.2) is 4.99 Å². The van der Waals surface area contributed by atoms with Gasteiger partial charge in [-0.15, -0.1) is 11.3 Å². The summed E-state index contributed by atoms with van der Waals surface area (Å²) in [4.78, 5) is 6.01. The highest BCUT2D eigenvalue weighted by Crippen LogP contribution is 2.19. The highest BCUT2D eigenvalue weighted by Gasteiger charge is 2.04. The molecule has 0 aliphatic rings. The lowest BCUT2D eigenvalue weighted by Gasteiger charge is -2.12. The van der Waals surface area contributed by atoms with Gasteiger partial charge in [-0.2, -0.15) is 0 Å². The lowest BCUT2D eigenvalue weighted by atomic mass is 10.2. The topological polar surface area (TPSA) is 45.7 Å². The molecule has 1 aromatic heterocycles.